The van der Waals surface area contributed by atoms with Crippen molar-refractivity contribution in [2.75, 3.05) is 5.32 Å². The number of hydrogen-bond acceptors (Lipinski definition) is 4. The number of anilines is 1. The van der Waals surface area contributed by atoms with Gasteiger partial charge < -0.3 is 4.74 Å². The van der Waals surface area contributed by atoms with E-state index in [0.29, 0.717) is 17.7 Å². The number of carbonyl (C=O) groups is 1. The molecule has 0 spiro atoms. The number of nitrogens with one attached hydrogen (secondary N) is 1. The minimum Gasteiger partial charge on any atom is -0.444 e. The Labute approximate surface area is 127 Å². The number of nitrogens with zero attached hydrogens (tertiary/aromatic N) is 1. The second-order valence-electron chi connectivity index (χ2n) is 4.64. The summed E-state index contributed by atoms with van der Waals surface area (Å²) in [4.78, 5) is 22.3. The molecule has 2 aromatic carbocycles. The highest BCUT2D eigenvalue weighted by molar-refractivity contribution is 5.85. The van der Waals surface area contributed by atoms with Gasteiger partial charge in [-0.15, -0.1) is 0 Å². The highest BCUT2D eigenvalue weighted by atomic mass is 16.6. The molecule has 0 atom stereocenters. The van der Waals surface area contributed by atoms with Gasteiger partial charge in [0.05, 0.1) is 10.6 Å². The van der Waals surface area contributed by atoms with Gasteiger partial charge in [0.15, 0.2) is 0 Å². The minimum atomic E-state index is -0.651. The molecular formula is C16H16N2O4. The Bertz CT molecular complexity index is 671. The van der Waals surface area contributed by atoms with Crippen LogP contribution in [0.2, 0.25) is 0 Å². The molecular weight excluding hydrogens is 284 g/mol. The molecule has 22 heavy (non-hydrogen) atoms. The van der Waals surface area contributed by atoms with E-state index in [-0.39, 0.29) is 12.3 Å². The fourth-order valence-corrected chi connectivity index (χ4v) is 1.99. The van der Waals surface area contributed by atoms with E-state index >= 15 is 0 Å². The molecule has 0 saturated heterocycles. The first-order valence-electron chi connectivity index (χ1n) is 6.85. The lowest BCUT2D eigenvalue weighted by Crippen LogP contribution is -2.13. The van der Waals surface area contributed by atoms with Crippen LogP contribution in [0.15, 0.2) is 48.5 Å². The van der Waals surface area contributed by atoms with Gasteiger partial charge in [-0.1, -0.05) is 43.3 Å². The predicted molar refractivity (Wildman–Crippen MR) is 82.7 cm³/mol. The highest BCUT2D eigenvalue weighted by Crippen LogP contribution is 2.23. The van der Waals surface area contributed by atoms with E-state index in [1.807, 2.05) is 37.3 Å². The van der Waals surface area contributed by atoms with Gasteiger partial charge in [-0.2, -0.15) is 0 Å². The molecule has 1 N–H and O–H groups in total. The zero-order chi connectivity index (χ0) is 15.9. The third kappa shape index (κ3) is 4.05. The molecule has 0 heterocycles. The second-order valence-corrected chi connectivity index (χ2v) is 4.64. The van der Waals surface area contributed by atoms with Gasteiger partial charge in [0, 0.05) is 11.6 Å². The molecule has 0 aliphatic carbocycles. The van der Waals surface area contributed by atoms with Gasteiger partial charge in [0.1, 0.15) is 6.61 Å². The summed E-state index contributed by atoms with van der Waals surface area (Å²) in [6, 6.07) is 13.8. The summed E-state index contributed by atoms with van der Waals surface area (Å²) < 4.78 is 5.07. The Morgan fingerprint density at radius 2 is 1.95 bits per heavy atom. The van der Waals surface area contributed by atoms with Crippen molar-refractivity contribution < 1.29 is 14.5 Å². The summed E-state index contributed by atoms with van der Waals surface area (Å²) >= 11 is 0. The number of ether oxygens (including phenoxy) is 1. The van der Waals surface area contributed by atoms with Crippen molar-refractivity contribution in [3.63, 3.8) is 0 Å². The molecule has 2 aromatic rings. The van der Waals surface area contributed by atoms with Crippen LogP contribution in [0.5, 0.6) is 0 Å². The first-order chi connectivity index (χ1) is 10.6. The standard InChI is InChI=1S/C16H16N2O4/c1-2-13-8-9-14(10-15(13)18(20)21)17-16(19)22-11-12-6-4-3-5-7-12/h3-10H,2,11H2,1H3,(H,17,19). The van der Waals surface area contributed by atoms with E-state index in [1.54, 1.807) is 12.1 Å². The van der Waals surface area contributed by atoms with Crippen molar-refractivity contribution in [1.82, 2.24) is 0 Å². The summed E-state index contributed by atoms with van der Waals surface area (Å²) in [5.41, 5.74) is 1.81. The van der Waals surface area contributed by atoms with Crippen molar-refractivity contribution >= 4 is 17.5 Å². The number of hydrogen-bond donors (Lipinski definition) is 1. The van der Waals surface area contributed by atoms with E-state index in [2.05, 4.69) is 5.32 Å². The molecule has 0 aliphatic heterocycles. The van der Waals surface area contributed by atoms with Crippen LogP contribution in [0.25, 0.3) is 0 Å². The SMILES string of the molecule is CCc1ccc(NC(=O)OCc2ccccc2)cc1[N+](=O)[O-]. The third-order valence-corrected chi connectivity index (χ3v) is 3.12. The monoisotopic (exact) mass is 300 g/mol. The normalized spacial score (nSPS) is 10.0. The van der Waals surface area contributed by atoms with Crippen LogP contribution >= 0.6 is 0 Å². The fourth-order valence-electron chi connectivity index (χ4n) is 1.99. The molecule has 6 nitrogen and oxygen atoms in total. The van der Waals surface area contributed by atoms with Crippen molar-refractivity contribution in [2.45, 2.75) is 20.0 Å². The van der Waals surface area contributed by atoms with Crippen LogP contribution in [-0.2, 0) is 17.8 Å². The van der Waals surface area contributed by atoms with Crippen molar-refractivity contribution in [3.8, 4) is 0 Å². The molecule has 0 aromatic heterocycles. The molecule has 0 unspecified atom stereocenters. The number of amides is 1. The predicted octanol–water partition coefficient (Wildman–Crippen LogP) is 3.91. The first kappa shape index (κ1) is 15.5. The molecule has 0 saturated carbocycles. The molecule has 0 aliphatic rings. The fraction of sp³-hybridized carbons (Fsp3) is 0.188. The number of aryl methyl sites for hydroxylation is 1. The maximum Gasteiger partial charge on any atom is 0.411 e. The van der Waals surface area contributed by atoms with E-state index in [9.17, 15) is 14.9 Å². The highest BCUT2D eigenvalue weighted by Gasteiger charge is 2.14. The minimum absolute atomic E-state index is 0.0108. The Morgan fingerprint density at radius 3 is 2.59 bits per heavy atom. The van der Waals surface area contributed by atoms with Gasteiger partial charge in [0.25, 0.3) is 5.69 Å². The van der Waals surface area contributed by atoms with Gasteiger partial charge in [0.2, 0.25) is 0 Å². The lowest BCUT2D eigenvalue weighted by molar-refractivity contribution is -0.385. The molecule has 0 radical (unpaired) electrons. The summed E-state index contributed by atoms with van der Waals surface area (Å²) in [6.45, 7) is 1.98. The number of nitro benzene ring substituents is 1. The summed E-state index contributed by atoms with van der Waals surface area (Å²) in [7, 11) is 0. The van der Waals surface area contributed by atoms with Crippen LogP contribution in [-0.4, -0.2) is 11.0 Å². The summed E-state index contributed by atoms with van der Waals surface area (Å²) in [5, 5.41) is 13.5. The lowest BCUT2D eigenvalue weighted by Gasteiger charge is -2.08. The lowest BCUT2D eigenvalue weighted by atomic mass is 10.1. The van der Waals surface area contributed by atoms with Crippen LogP contribution in [0, 0.1) is 10.1 Å². The van der Waals surface area contributed by atoms with Crippen LogP contribution in [0.4, 0.5) is 16.2 Å². The second kappa shape index (κ2) is 7.21. The van der Waals surface area contributed by atoms with Gasteiger partial charge in [-0.05, 0) is 18.1 Å². The maximum atomic E-state index is 11.7. The Balaban J connectivity index is 1.99. The van der Waals surface area contributed by atoms with E-state index in [1.165, 1.54) is 6.07 Å². The average molecular weight is 300 g/mol. The van der Waals surface area contributed by atoms with Gasteiger partial charge in [-0.25, -0.2) is 4.79 Å². The Morgan fingerprint density at radius 1 is 1.23 bits per heavy atom. The van der Waals surface area contributed by atoms with Crippen molar-refractivity contribution in [2.24, 2.45) is 0 Å². The van der Waals surface area contributed by atoms with E-state index < -0.39 is 11.0 Å². The maximum absolute atomic E-state index is 11.7. The number of carbonyl (C=O) groups excluding carboxylic acids is 1. The van der Waals surface area contributed by atoms with E-state index in [0.717, 1.165) is 5.56 Å². The number of nitro groups is 1. The summed E-state index contributed by atoms with van der Waals surface area (Å²) in [5.74, 6) is 0. The zero-order valence-corrected chi connectivity index (χ0v) is 12.1. The zero-order valence-electron chi connectivity index (χ0n) is 12.1. The smallest absolute Gasteiger partial charge is 0.411 e. The first-order valence-corrected chi connectivity index (χ1v) is 6.85. The molecule has 6 heteroatoms. The van der Waals surface area contributed by atoms with Gasteiger partial charge in [-0.3, -0.25) is 15.4 Å². The van der Waals surface area contributed by atoms with Crippen LogP contribution in [0.3, 0.4) is 0 Å². The largest absolute Gasteiger partial charge is 0.444 e. The van der Waals surface area contributed by atoms with E-state index in [4.69, 9.17) is 4.74 Å². The Hall–Kier alpha value is -2.89. The average Bonchev–Trinajstić information content (AvgIpc) is 2.54. The molecule has 114 valence electrons. The summed E-state index contributed by atoms with van der Waals surface area (Å²) in [6.07, 6.45) is -0.0999. The molecule has 1 amide bonds. The third-order valence-electron chi connectivity index (χ3n) is 3.12. The molecule has 0 fully saturated rings. The Kier molecular flexibility index (Phi) is 5.08. The van der Waals surface area contributed by atoms with Crippen molar-refractivity contribution in [3.05, 3.63) is 69.8 Å². The quantitative estimate of drug-likeness (QED) is 0.670. The van der Waals surface area contributed by atoms with Crippen LogP contribution in [0.1, 0.15) is 18.1 Å². The molecule has 2 rings (SSSR count). The van der Waals surface area contributed by atoms with Gasteiger partial charge >= 0.3 is 6.09 Å². The van der Waals surface area contributed by atoms with Crippen LogP contribution < -0.4 is 5.32 Å². The number of rotatable bonds is 5. The molecule has 0 bridgehead atoms. The topological polar surface area (TPSA) is 81.5 Å². The number of benzene rings is 2. The van der Waals surface area contributed by atoms with Crippen molar-refractivity contribution in [1.29, 1.82) is 0 Å².